The van der Waals surface area contributed by atoms with E-state index in [-0.39, 0.29) is 28.8 Å². The molecule has 1 saturated carbocycles. The minimum absolute atomic E-state index is 0.0105. The molecule has 0 radical (unpaired) electrons. The highest BCUT2D eigenvalue weighted by atomic mass is 16.5. The second-order valence-corrected chi connectivity index (χ2v) is 6.51. The van der Waals surface area contributed by atoms with E-state index in [1.165, 1.54) is 0 Å². The lowest BCUT2D eigenvalue weighted by molar-refractivity contribution is -0.112. The molecular formula is C15H21NO2. The number of carbonyl (C=O) groups is 1. The Kier molecular flexibility index (Phi) is 3.11. The maximum Gasteiger partial charge on any atom is 0.152 e. The molecule has 18 heavy (non-hydrogen) atoms. The van der Waals surface area contributed by atoms with Gasteiger partial charge in [-0.25, -0.2) is 0 Å². The number of fused-ring (bicyclic) bond motifs is 2. The lowest BCUT2D eigenvalue weighted by Crippen LogP contribution is -2.35. The maximum absolute atomic E-state index is 11.2. The first-order chi connectivity index (χ1) is 8.28. The first-order valence-corrected chi connectivity index (χ1v) is 6.54. The van der Waals surface area contributed by atoms with Crippen molar-refractivity contribution in [2.45, 2.75) is 58.7 Å². The highest BCUT2D eigenvalue weighted by Crippen LogP contribution is 2.56. The summed E-state index contributed by atoms with van der Waals surface area (Å²) in [5.41, 5.74) is 0.778. The van der Waals surface area contributed by atoms with Crippen LogP contribution in [0.1, 0.15) is 47.0 Å². The number of ketones is 1. The van der Waals surface area contributed by atoms with Gasteiger partial charge in [-0.15, -0.1) is 0 Å². The molecule has 0 aromatic heterocycles. The minimum Gasteiger partial charge on any atom is -0.367 e. The summed E-state index contributed by atoms with van der Waals surface area (Å²) in [4.78, 5) is 11.2. The zero-order valence-corrected chi connectivity index (χ0v) is 11.6. The predicted octanol–water partition coefficient (Wildman–Crippen LogP) is 3.01. The van der Waals surface area contributed by atoms with Gasteiger partial charge in [0.25, 0.3) is 0 Å². The van der Waals surface area contributed by atoms with E-state index in [9.17, 15) is 10.1 Å². The Bertz CT molecular complexity index is 448. The molecule has 2 bridgehead atoms. The second kappa shape index (κ2) is 4.20. The third kappa shape index (κ3) is 2.22. The Morgan fingerprint density at radius 1 is 1.39 bits per heavy atom. The second-order valence-electron chi connectivity index (χ2n) is 6.51. The van der Waals surface area contributed by atoms with Crippen molar-refractivity contribution >= 4 is 5.78 Å². The quantitative estimate of drug-likeness (QED) is 0.705. The molecule has 3 heteroatoms. The first-order valence-electron chi connectivity index (χ1n) is 6.54. The maximum atomic E-state index is 11.2. The molecule has 4 unspecified atom stereocenters. The van der Waals surface area contributed by atoms with Crippen LogP contribution in [0.3, 0.4) is 0 Å². The molecule has 3 nitrogen and oxygen atoms in total. The van der Waals surface area contributed by atoms with Crippen LogP contribution in [-0.2, 0) is 9.53 Å². The van der Waals surface area contributed by atoms with Crippen molar-refractivity contribution in [1.29, 1.82) is 5.26 Å². The normalized spacial score (nSPS) is 43.6. The Hall–Kier alpha value is -1.14. The average molecular weight is 247 g/mol. The van der Waals surface area contributed by atoms with Crippen LogP contribution in [-0.4, -0.2) is 17.5 Å². The fourth-order valence-electron chi connectivity index (χ4n) is 4.00. The van der Waals surface area contributed by atoms with E-state index in [2.05, 4.69) is 19.9 Å². The summed E-state index contributed by atoms with van der Waals surface area (Å²) in [5, 5.41) is 9.18. The number of ether oxygens (including phenoxy) is 1. The highest BCUT2D eigenvalue weighted by molar-refractivity contribution is 5.88. The van der Waals surface area contributed by atoms with Gasteiger partial charge in [-0.1, -0.05) is 6.92 Å². The van der Waals surface area contributed by atoms with Crippen LogP contribution in [0.2, 0.25) is 0 Å². The number of carbonyl (C=O) groups excluding carboxylic acids is 1. The van der Waals surface area contributed by atoms with Gasteiger partial charge < -0.3 is 4.74 Å². The van der Waals surface area contributed by atoms with Crippen molar-refractivity contribution in [3.8, 4) is 6.07 Å². The van der Waals surface area contributed by atoms with E-state index in [1.54, 1.807) is 13.0 Å². The van der Waals surface area contributed by atoms with Crippen LogP contribution in [0.15, 0.2) is 11.6 Å². The lowest BCUT2D eigenvalue weighted by atomic mass is 9.65. The minimum atomic E-state index is -0.204. The van der Waals surface area contributed by atoms with Crippen LogP contribution in [0.4, 0.5) is 0 Å². The molecule has 0 spiro atoms. The summed E-state index contributed by atoms with van der Waals surface area (Å²) in [6.45, 7) is 7.80. The first kappa shape index (κ1) is 13.3. The summed E-state index contributed by atoms with van der Waals surface area (Å²) in [6.07, 6.45) is 4.30. The topological polar surface area (TPSA) is 50.1 Å². The van der Waals surface area contributed by atoms with Crippen molar-refractivity contribution in [2.75, 3.05) is 0 Å². The fraction of sp³-hybridized carbons (Fsp3) is 0.733. The summed E-state index contributed by atoms with van der Waals surface area (Å²) < 4.78 is 6.20. The zero-order valence-electron chi connectivity index (χ0n) is 11.6. The number of allylic oxidation sites excluding steroid dienone is 1. The van der Waals surface area contributed by atoms with E-state index < -0.39 is 0 Å². The van der Waals surface area contributed by atoms with Crippen molar-refractivity contribution in [2.24, 2.45) is 11.3 Å². The molecule has 98 valence electrons. The Labute approximate surface area is 109 Å². The van der Waals surface area contributed by atoms with Gasteiger partial charge in [0.1, 0.15) is 0 Å². The van der Waals surface area contributed by atoms with Gasteiger partial charge in [0.2, 0.25) is 0 Å². The molecule has 1 aliphatic carbocycles. The zero-order chi connectivity index (χ0) is 13.6. The molecule has 1 heterocycles. The number of nitrogens with zero attached hydrogens (tertiary/aromatic N) is 1. The molecule has 0 aromatic carbocycles. The van der Waals surface area contributed by atoms with E-state index >= 15 is 0 Å². The summed E-state index contributed by atoms with van der Waals surface area (Å²) in [6, 6.07) is 2.39. The van der Waals surface area contributed by atoms with Gasteiger partial charge >= 0.3 is 0 Å². The van der Waals surface area contributed by atoms with Crippen molar-refractivity contribution in [3.63, 3.8) is 0 Å². The van der Waals surface area contributed by atoms with Gasteiger partial charge in [0.15, 0.2) is 5.78 Å². The van der Waals surface area contributed by atoms with Crippen molar-refractivity contribution < 1.29 is 9.53 Å². The molecule has 1 aliphatic heterocycles. The van der Waals surface area contributed by atoms with E-state index in [0.29, 0.717) is 0 Å². The lowest BCUT2D eigenvalue weighted by Gasteiger charge is -2.36. The molecule has 0 aromatic rings. The molecule has 2 aliphatic rings. The predicted molar refractivity (Wildman–Crippen MR) is 68.8 cm³/mol. The van der Waals surface area contributed by atoms with Gasteiger partial charge in [0, 0.05) is 11.3 Å². The summed E-state index contributed by atoms with van der Waals surface area (Å²) in [7, 11) is 0. The smallest absolute Gasteiger partial charge is 0.152 e. The Morgan fingerprint density at radius 3 is 2.61 bits per heavy atom. The van der Waals surface area contributed by atoms with Crippen LogP contribution in [0.25, 0.3) is 0 Å². The number of rotatable bonds is 2. The average Bonchev–Trinajstić information content (AvgIpc) is 2.42. The largest absolute Gasteiger partial charge is 0.367 e. The van der Waals surface area contributed by atoms with Crippen molar-refractivity contribution in [1.82, 2.24) is 0 Å². The summed E-state index contributed by atoms with van der Waals surface area (Å²) in [5.74, 6) is 0.131. The number of nitriles is 1. The molecule has 0 amide bonds. The fourth-order valence-corrected chi connectivity index (χ4v) is 4.00. The third-order valence-electron chi connectivity index (χ3n) is 4.23. The molecule has 1 saturated heterocycles. The monoisotopic (exact) mass is 247 g/mol. The van der Waals surface area contributed by atoms with Gasteiger partial charge in [-0.05, 0) is 51.7 Å². The van der Waals surface area contributed by atoms with Crippen LogP contribution >= 0.6 is 0 Å². The Balaban J connectivity index is 2.31. The van der Waals surface area contributed by atoms with Gasteiger partial charge in [-0.3, -0.25) is 4.79 Å². The molecule has 0 N–H and O–H groups in total. The summed E-state index contributed by atoms with van der Waals surface area (Å²) >= 11 is 0. The standard InChI is InChI=1S/C15H21NO2/c1-10(5-11(2)17)13-14(3)6-12(8-16)7-15(4,9-14)18-13/h5,12-13H,6-7,9H2,1-4H3/b10-5-. The molecular weight excluding hydrogens is 226 g/mol. The van der Waals surface area contributed by atoms with E-state index in [4.69, 9.17) is 4.74 Å². The van der Waals surface area contributed by atoms with Crippen LogP contribution in [0, 0.1) is 22.7 Å². The van der Waals surface area contributed by atoms with E-state index in [1.807, 2.05) is 6.92 Å². The molecule has 2 fully saturated rings. The highest BCUT2D eigenvalue weighted by Gasteiger charge is 2.56. The number of hydrogen-bond acceptors (Lipinski definition) is 3. The van der Waals surface area contributed by atoms with Gasteiger partial charge in [-0.2, -0.15) is 5.26 Å². The van der Waals surface area contributed by atoms with Crippen LogP contribution < -0.4 is 0 Å². The molecule has 2 rings (SSSR count). The van der Waals surface area contributed by atoms with E-state index in [0.717, 1.165) is 24.8 Å². The number of hydrogen-bond donors (Lipinski definition) is 0. The van der Waals surface area contributed by atoms with Gasteiger partial charge in [0.05, 0.1) is 17.8 Å². The molecule has 4 atom stereocenters. The third-order valence-corrected chi connectivity index (χ3v) is 4.23. The van der Waals surface area contributed by atoms with Crippen molar-refractivity contribution in [3.05, 3.63) is 11.6 Å². The van der Waals surface area contributed by atoms with Crippen LogP contribution in [0.5, 0.6) is 0 Å². The SMILES string of the molecule is CC(=O)/C=C(/C)C1OC2(C)CC(C#N)CC1(C)C2. The Morgan fingerprint density at radius 2 is 2.06 bits per heavy atom.